The van der Waals surface area contributed by atoms with E-state index in [2.05, 4.69) is 5.32 Å². The van der Waals surface area contributed by atoms with E-state index in [0.717, 1.165) is 5.69 Å². The van der Waals surface area contributed by atoms with Crippen LogP contribution in [-0.2, 0) is 9.59 Å². The molecule has 3 N–H and O–H groups in total. The summed E-state index contributed by atoms with van der Waals surface area (Å²) in [5.74, 6) is -0.390. The number of anilines is 1. The lowest BCUT2D eigenvalue weighted by atomic mass is 10.1. The fraction of sp³-hybridized carbons (Fsp3) is 0.467. The number of nitrogens with two attached hydrogens (primary N) is 1. The average Bonchev–Trinajstić information content (AvgIpc) is 2.64. The number of carbonyl (C=O) groups excluding carboxylic acids is 2. The van der Waals surface area contributed by atoms with Gasteiger partial charge in [-0.2, -0.15) is 0 Å². The Morgan fingerprint density at radius 1 is 1.35 bits per heavy atom. The molecule has 1 heterocycles. The van der Waals surface area contributed by atoms with E-state index < -0.39 is 11.6 Å². The minimum atomic E-state index is -0.982. The summed E-state index contributed by atoms with van der Waals surface area (Å²) in [4.78, 5) is 26.1. The molecular formula is C15H21N3O2. The Kier molecular flexibility index (Phi) is 3.81. The highest BCUT2D eigenvalue weighted by atomic mass is 16.2. The molecule has 1 fully saturated rings. The van der Waals surface area contributed by atoms with Crippen molar-refractivity contribution in [2.75, 3.05) is 4.90 Å². The van der Waals surface area contributed by atoms with Gasteiger partial charge in [0, 0.05) is 11.7 Å². The first-order valence-electron chi connectivity index (χ1n) is 6.78. The van der Waals surface area contributed by atoms with Crippen molar-refractivity contribution in [3.63, 3.8) is 0 Å². The minimum Gasteiger partial charge on any atom is -0.343 e. The summed E-state index contributed by atoms with van der Waals surface area (Å²) in [6.07, 6.45) is 0.593. The van der Waals surface area contributed by atoms with Crippen molar-refractivity contribution < 1.29 is 9.59 Å². The maximum atomic E-state index is 12.4. The molecule has 0 aromatic heterocycles. The summed E-state index contributed by atoms with van der Waals surface area (Å²) in [7, 11) is 0. The maximum absolute atomic E-state index is 12.4. The number of hydrogen-bond acceptors (Lipinski definition) is 3. The van der Waals surface area contributed by atoms with Gasteiger partial charge in [0.2, 0.25) is 11.8 Å². The monoisotopic (exact) mass is 275 g/mol. The third kappa shape index (κ3) is 2.82. The van der Waals surface area contributed by atoms with Crippen molar-refractivity contribution >= 4 is 17.5 Å². The van der Waals surface area contributed by atoms with Crippen molar-refractivity contribution in [2.24, 2.45) is 5.73 Å². The van der Waals surface area contributed by atoms with Crippen molar-refractivity contribution in [3.8, 4) is 0 Å². The van der Waals surface area contributed by atoms with E-state index in [1.165, 1.54) is 0 Å². The topological polar surface area (TPSA) is 75.4 Å². The number of benzene rings is 1. The Labute approximate surface area is 119 Å². The van der Waals surface area contributed by atoms with Crippen molar-refractivity contribution in [3.05, 3.63) is 30.3 Å². The number of para-hydroxylation sites is 1. The van der Waals surface area contributed by atoms with Crippen LogP contribution in [0.2, 0.25) is 0 Å². The zero-order chi connectivity index (χ0) is 14.9. The lowest BCUT2D eigenvalue weighted by Crippen LogP contribution is -2.53. The molecule has 1 aliphatic rings. The summed E-state index contributed by atoms with van der Waals surface area (Å²) < 4.78 is 0. The number of hydrogen-bond donors (Lipinski definition) is 2. The highest BCUT2D eigenvalue weighted by Crippen LogP contribution is 2.26. The van der Waals surface area contributed by atoms with Gasteiger partial charge in [0.15, 0.2) is 0 Å². The van der Waals surface area contributed by atoms with Crippen LogP contribution in [0.3, 0.4) is 0 Å². The first kappa shape index (κ1) is 14.5. The fourth-order valence-corrected chi connectivity index (χ4v) is 2.37. The van der Waals surface area contributed by atoms with Gasteiger partial charge in [0.05, 0.1) is 5.54 Å². The van der Waals surface area contributed by atoms with Crippen LogP contribution in [0, 0.1) is 0 Å². The zero-order valence-electron chi connectivity index (χ0n) is 12.1. The quantitative estimate of drug-likeness (QED) is 0.865. The van der Waals surface area contributed by atoms with Crippen LogP contribution in [0.5, 0.6) is 0 Å². The first-order valence-corrected chi connectivity index (χ1v) is 6.78. The molecule has 1 aliphatic heterocycles. The van der Waals surface area contributed by atoms with E-state index >= 15 is 0 Å². The molecule has 0 saturated carbocycles. The van der Waals surface area contributed by atoms with Crippen LogP contribution < -0.4 is 16.0 Å². The van der Waals surface area contributed by atoms with Crippen molar-refractivity contribution in [1.82, 2.24) is 5.32 Å². The zero-order valence-corrected chi connectivity index (χ0v) is 12.1. The van der Waals surface area contributed by atoms with Gasteiger partial charge >= 0.3 is 0 Å². The minimum absolute atomic E-state index is 0.0519. The average molecular weight is 275 g/mol. The van der Waals surface area contributed by atoms with E-state index in [0.29, 0.717) is 6.42 Å². The summed E-state index contributed by atoms with van der Waals surface area (Å²) in [5, 5.41) is 2.74. The number of amides is 2. The second-order valence-corrected chi connectivity index (χ2v) is 5.88. The molecule has 20 heavy (non-hydrogen) atoms. The second kappa shape index (κ2) is 5.25. The van der Waals surface area contributed by atoms with Crippen LogP contribution in [0.25, 0.3) is 0 Å². The van der Waals surface area contributed by atoms with Gasteiger partial charge in [-0.25, -0.2) is 0 Å². The number of rotatable bonds is 3. The van der Waals surface area contributed by atoms with E-state index in [-0.39, 0.29) is 17.9 Å². The predicted octanol–water partition coefficient (Wildman–Crippen LogP) is 1.03. The van der Waals surface area contributed by atoms with Gasteiger partial charge in [-0.1, -0.05) is 18.2 Å². The molecule has 2 amide bonds. The normalized spacial score (nSPS) is 23.0. The summed E-state index contributed by atoms with van der Waals surface area (Å²) >= 11 is 0. The molecule has 0 spiro atoms. The predicted molar refractivity (Wildman–Crippen MR) is 78.2 cm³/mol. The molecule has 2 atom stereocenters. The standard InChI is InChI=1S/C15H21N3O2/c1-10-9-12(17-14(20)15(2,3)16)13(19)18(10)11-7-5-4-6-8-11/h4-8,10,12H,9,16H2,1-3H3,(H,17,20). The lowest BCUT2D eigenvalue weighted by molar-refractivity contribution is -0.129. The number of nitrogens with zero attached hydrogens (tertiary/aromatic N) is 1. The van der Waals surface area contributed by atoms with Crippen LogP contribution >= 0.6 is 0 Å². The smallest absolute Gasteiger partial charge is 0.249 e. The Morgan fingerprint density at radius 3 is 2.50 bits per heavy atom. The van der Waals surface area contributed by atoms with Gasteiger partial charge in [-0.05, 0) is 39.3 Å². The third-order valence-electron chi connectivity index (χ3n) is 3.48. The summed E-state index contributed by atoms with van der Waals surface area (Å²) in [5.41, 5.74) is 5.62. The fourth-order valence-electron chi connectivity index (χ4n) is 2.37. The van der Waals surface area contributed by atoms with Crippen molar-refractivity contribution in [2.45, 2.75) is 44.8 Å². The summed E-state index contributed by atoms with van der Waals surface area (Å²) in [6, 6.07) is 9.03. The van der Waals surface area contributed by atoms with E-state index in [4.69, 9.17) is 5.73 Å². The molecule has 2 unspecified atom stereocenters. The van der Waals surface area contributed by atoms with Crippen molar-refractivity contribution in [1.29, 1.82) is 0 Å². The molecule has 5 heteroatoms. The molecule has 0 bridgehead atoms. The maximum Gasteiger partial charge on any atom is 0.249 e. The second-order valence-electron chi connectivity index (χ2n) is 5.88. The Hall–Kier alpha value is -1.88. The Bertz CT molecular complexity index is 508. The Balaban J connectivity index is 2.14. The van der Waals surface area contributed by atoms with Crippen LogP contribution in [0.4, 0.5) is 5.69 Å². The molecule has 1 aromatic carbocycles. The molecular weight excluding hydrogens is 254 g/mol. The van der Waals surface area contributed by atoms with Crippen LogP contribution in [0.15, 0.2) is 30.3 Å². The number of carbonyl (C=O) groups is 2. The summed E-state index contributed by atoms with van der Waals surface area (Å²) in [6.45, 7) is 5.23. The van der Waals surface area contributed by atoms with Gasteiger partial charge in [0.1, 0.15) is 6.04 Å². The lowest BCUT2D eigenvalue weighted by Gasteiger charge is -2.22. The highest BCUT2D eigenvalue weighted by molar-refractivity contribution is 6.02. The van der Waals surface area contributed by atoms with Crippen LogP contribution in [0.1, 0.15) is 27.2 Å². The van der Waals surface area contributed by atoms with Gasteiger partial charge in [0.25, 0.3) is 0 Å². The molecule has 0 aliphatic carbocycles. The van der Waals surface area contributed by atoms with E-state index in [1.54, 1.807) is 18.7 Å². The van der Waals surface area contributed by atoms with Crippen LogP contribution in [-0.4, -0.2) is 29.4 Å². The molecule has 108 valence electrons. The molecule has 0 radical (unpaired) electrons. The molecule has 1 saturated heterocycles. The first-order chi connectivity index (χ1) is 9.30. The van der Waals surface area contributed by atoms with Gasteiger partial charge in [-0.15, -0.1) is 0 Å². The van der Waals surface area contributed by atoms with E-state index in [1.807, 2.05) is 37.3 Å². The Morgan fingerprint density at radius 2 is 1.95 bits per heavy atom. The largest absolute Gasteiger partial charge is 0.343 e. The van der Waals surface area contributed by atoms with Gasteiger partial charge in [-0.3, -0.25) is 9.59 Å². The molecule has 5 nitrogen and oxygen atoms in total. The third-order valence-corrected chi connectivity index (χ3v) is 3.48. The molecule has 1 aromatic rings. The molecule has 2 rings (SSSR count). The van der Waals surface area contributed by atoms with Gasteiger partial charge < -0.3 is 16.0 Å². The highest BCUT2D eigenvalue weighted by Gasteiger charge is 2.40. The number of nitrogens with one attached hydrogen (secondary N) is 1. The SMILES string of the molecule is CC1CC(NC(=O)C(C)(C)N)C(=O)N1c1ccccc1. The van der Waals surface area contributed by atoms with E-state index in [9.17, 15) is 9.59 Å².